The number of benzene rings is 2. The summed E-state index contributed by atoms with van der Waals surface area (Å²) in [5, 5.41) is 0. The Hall–Kier alpha value is -2.18. The molecule has 0 radical (unpaired) electrons. The largest absolute Gasteiger partial charge is 0.337 e. The molecule has 5 nitrogen and oxygen atoms in total. The normalized spacial score (nSPS) is 15.2. The molecule has 1 heterocycles. The predicted octanol–water partition coefficient (Wildman–Crippen LogP) is 3.05. The van der Waals surface area contributed by atoms with Gasteiger partial charge in [0.1, 0.15) is 0 Å². The fraction of sp³-hybridized carbons (Fsp3) is 0.350. The fourth-order valence-corrected chi connectivity index (χ4v) is 4.75. The molecule has 1 amide bonds. The van der Waals surface area contributed by atoms with E-state index in [0.29, 0.717) is 25.2 Å². The van der Waals surface area contributed by atoms with E-state index in [0.717, 1.165) is 24.0 Å². The van der Waals surface area contributed by atoms with Crippen LogP contribution in [0.25, 0.3) is 0 Å². The van der Waals surface area contributed by atoms with Gasteiger partial charge in [0, 0.05) is 32.2 Å². The van der Waals surface area contributed by atoms with Gasteiger partial charge in [0.2, 0.25) is 10.0 Å². The second-order valence-electron chi connectivity index (χ2n) is 6.73. The van der Waals surface area contributed by atoms with Crippen molar-refractivity contribution in [2.45, 2.75) is 31.2 Å². The minimum absolute atomic E-state index is 0.176. The highest BCUT2D eigenvalue weighted by molar-refractivity contribution is 7.89. The number of nitrogens with zero attached hydrogens (tertiary/aromatic N) is 2. The zero-order valence-electron chi connectivity index (χ0n) is 15.2. The number of hydrogen-bond acceptors (Lipinski definition) is 3. The summed E-state index contributed by atoms with van der Waals surface area (Å²) in [5.74, 6) is -0.176. The summed E-state index contributed by atoms with van der Waals surface area (Å²) in [7, 11) is -1.80. The van der Waals surface area contributed by atoms with Gasteiger partial charge in [0.25, 0.3) is 5.91 Å². The van der Waals surface area contributed by atoms with E-state index in [1.165, 1.54) is 10.4 Å². The number of hydrogen-bond donors (Lipinski definition) is 0. The highest BCUT2D eigenvalue weighted by Crippen LogP contribution is 2.24. The van der Waals surface area contributed by atoms with Gasteiger partial charge in [0.05, 0.1) is 4.90 Å². The molecule has 138 valence electrons. The molecular formula is C20H24N2O3S. The Morgan fingerprint density at radius 3 is 2.38 bits per heavy atom. The summed E-state index contributed by atoms with van der Waals surface area (Å²) >= 11 is 0. The molecule has 6 heteroatoms. The van der Waals surface area contributed by atoms with Crippen LogP contribution in [0.3, 0.4) is 0 Å². The van der Waals surface area contributed by atoms with Crippen molar-refractivity contribution >= 4 is 15.9 Å². The standard InChI is InChI=1S/C20H24N2O3S/c1-16-10-11-18(26(24,25)22-12-6-7-13-22)14-19(16)20(23)21(2)15-17-8-4-3-5-9-17/h3-5,8-11,14H,6-7,12-13,15H2,1-2H3. The summed E-state index contributed by atoms with van der Waals surface area (Å²) in [5.41, 5.74) is 2.24. The van der Waals surface area contributed by atoms with Crippen LogP contribution in [0.1, 0.15) is 34.3 Å². The van der Waals surface area contributed by atoms with Crippen LogP contribution in [0.4, 0.5) is 0 Å². The van der Waals surface area contributed by atoms with E-state index in [1.54, 1.807) is 24.1 Å². The van der Waals surface area contributed by atoms with Crippen molar-refractivity contribution in [3.63, 3.8) is 0 Å². The molecular weight excluding hydrogens is 348 g/mol. The lowest BCUT2D eigenvalue weighted by Crippen LogP contribution is -2.29. The lowest BCUT2D eigenvalue weighted by Gasteiger charge is -2.20. The number of sulfonamides is 1. The van der Waals surface area contributed by atoms with Crippen molar-refractivity contribution in [2.75, 3.05) is 20.1 Å². The number of rotatable bonds is 5. The zero-order valence-corrected chi connectivity index (χ0v) is 16.0. The van der Waals surface area contributed by atoms with Gasteiger partial charge < -0.3 is 4.90 Å². The van der Waals surface area contributed by atoms with E-state index < -0.39 is 10.0 Å². The van der Waals surface area contributed by atoms with Gasteiger partial charge in [-0.25, -0.2) is 8.42 Å². The highest BCUT2D eigenvalue weighted by atomic mass is 32.2. The Bertz CT molecular complexity index is 889. The molecule has 1 aliphatic heterocycles. The molecule has 3 rings (SSSR count). The third-order valence-electron chi connectivity index (χ3n) is 4.75. The second-order valence-corrected chi connectivity index (χ2v) is 8.67. The first-order chi connectivity index (χ1) is 12.4. The molecule has 1 aliphatic rings. The van der Waals surface area contributed by atoms with E-state index >= 15 is 0 Å². The molecule has 0 saturated carbocycles. The van der Waals surface area contributed by atoms with Crippen LogP contribution in [-0.4, -0.2) is 43.7 Å². The average Bonchev–Trinajstić information content (AvgIpc) is 3.18. The molecule has 1 fully saturated rings. The first kappa shape index (κ1) is 18.6. The third-order valence-corrected chi connectivity index (χ3v) is 6.65. The lowest BCUT2D eigenvalue weighted by molar-refractivity contribution is 0.0784. The molecule has 0 N–H and O–H groups in total. The van der Waals surface area contributed by atoms with Gasteiger partial charge >= 0.3 is 0 Å². The monoisotopic (exact) mass is 372 g/mol. The number of carbonyl (C=O) groups excluding carboxylic acids is 1. The summed E-state index contributed by atoms with van der Waals surface area (Å²) in [6, 6.07) is 14.6. The fourth-order valence-electron chi connectivity index (χ4n) is 3.20. The van der Waals surface area contributed by atoms with Crippen LogP contribution < -0.4 is 0 Å². The summed E-state index contributed by atoms with van der Waals surface area (Å²) in [6.45, 7) is 3.40. The van der Waals surface area contributed by atoms with Crippen molar-refractivity contribution in [1.82, 2.24) is 9.21 Å². The van der Waals surface area contributed by atoms with E-state index in [2.05, 4.69) is 0 Å². The van der Waals surface area contributed by atoms with E-state index in [4.69, 9.17) is 0 Å². The number of aryl methyl sites for hydroxylation is 1. The Labute approximate surface area is 155 Å². The molecule has 26 heavy (non-hydrogen) atoms. The smallest absolute Gasteiger partial charge is 0.254 e. The highest BCUT2D eigenvalue weighted by Gasteiger charge is 2.28. The van der Waals surface area contributed by atoms with Gasteiger partial charge in [0.15, 0.2) is 0 Å². The molecule has 0 aliphatic carbocycles. The molecule has 0 aromatic heterocycles. The van der Waals surface area contributed by atoms with Crippen molar-refractivity contribution < 1.29 is 13.2 Å². The SMILES string of the molecule is Cc1ccc(S(=O)(=O)N2CCCC2)cc1C(=O)N(C)Cc1ccccc1. The summed E-state index contributed by atoms with van der Waals surface area (Å²) < 4.78 is 27.1. The van der Waals surface area contributed by atoms with Crippen molar-refractivity contribution in [3.8, 4) is 0 Å². The third kappa shape index (κ3) is 3.81. The van der Waals surface area contributed by atoms with Crippen LogP contribution in [0.5, 0.6) is 0 Å². The van der Waals surface area contributed by atoms with E-state index in [1.807, 2.05) is 37.3 Å². The maximum atomic E-state index is 12.9. The van der Waals surface area contributed by atoms with Gasteiger partial charge in [-0.15, -0.1) is 0 Å². The molecule has 2 aromatic rings. The summed E-state index contributed by atoms with van der Waals surface area (Å²) in [6.07, 6.45) is 1.77. The molecule has 0 atom stereocenters. The minimum atomic E-state index is -3.53. The maximum Gasteiger partial charge on any atom is 0.254 e. The van der Waals surface area contributed by atoms with Crippen LogP contribution in [0, 0.1) is 6.92 Å². The Morgan fingerprint density at radius 1 is 1.08 bits per heavy atom. The predicted molar refractivity (Wildman–Crippen MR) is 101 cm³/mol. The quantitative estimate of drug-likeness (QED) is 0.811. The van der Waals surface area contributed by atoms with Crippen LogP contribution >= 0.6 is 0 Å². The van der Waals surface area contributed by atoms with Gasteiger partial charge in [-0.3, -0.25) is 4.79 Å². The first-order valence-electron chi connectivity index (χ1n) is 8.80. The maximum absolute atomic E-state index is 12.9. The van der Waals surface area contributed by atoms with Crippen LogP contribution in [-0.2, 0) is 16.6 Å². The van der Waals surface area contributed by atoms with Gasteiger partial charge in [-0.2, -0.15) is 4.31 Å². The second kappa shape index (κ2) is 7.60. The van der Waals surface area contributed by atoms with Gasteiger partial charge in [-0.05, 0) is 43.0 Å². The minimum Gasteiger partial charge on any atom is -0.337 e. The van der Waals surface area contributed by atoms with Crippen LogP contribution in [0.15, 0.2) is 53.4 Å². The van der Waals surface area contributed by atoms with Gasteiger partial charge in [-0.1, -0.05) is 36.4 Å². The van der Waals surface area contributed by atoms with Crippen molar-refractivity contribution in [2.24, 2.45) is 0 Å². The molecule has 0 spiro atoms. The molecule has 2 aromatic carbocycles. The van der Waals surface area contributed by atoms with Crippen molar-refractivity contribution in [3.05, 3.63) is 65.2 Å². The molecule has 0 bridgehead atoms. The Balaban J connectivity index is 1.86. The average molecular weight is 372 g/mol. The van der Waals surface area contributed by atoms with Crippen LogP contribution in [0.2, 0.25) is 0 Å². The molecule has 1 saturated heterocycles. The first-order valence-corrected chi connectivity index (χ1v) is 10.2. The number of carbonyl (C=O) groups is 1. The number of amides is 1. The van der Waals surface area contributed by atoms with E-state index in [-0.39, 0.29) is 10.8 Å². The molecule has 0 unspecified atom stereocenters. The topological polar surface area (TPSA) is 57.7 Å². The Kier molecular flexibility index (Phi) is 5.44. The lowest BCUT2D eigenvalue weighted by atomic mass is 10.1. The summed E-state index contributed by atoms with van der Waals surface area (Å²) in [4.78, 5) is 14.7. The zero-order chi connectivity index (χ0) is 18.7. The van der Waals surface area contributed by atoms with E-state index in [9.17, 15) is 13.2 Å². The Morgan fingerprint density at radius 2 is 1.73 bits per heavy atom. The van der Waals surface area contributed by atoms with Crippen molar-refractivity contribution in [1.29, 1.82) is 0 Å².